The lowest BCUT2D eigenvalue weighted by atomic mass is 10.1. The van der Waals surface area contributed by atoms with Crippen LogP contribution in [0.4, 0.5) is 5.69 Å². The minimum absolute atomic E-state index is 0.0325. The van der Waals surface area contributed by atoms with Crippen LogP contribution in [-0.2, 0) is 40.6 Å². The highest BCUT2D eigenvalue weighted by molar-refractivity contribution is 5.93. The van der Waals surface area contributed by atoms with Gasteiger partial charge < -0.3 is 10.1 Å². The molecule has 30 heavy (non-hydrogen) atoms. The predicted molar refractivity (Wildman–Crippen MR) is 113 cm³/mol. The fourth-order valence-corrected chi connectivity index (χ4v) is 3.77. The number of carbonyl (C=O) groups excluding carboxylic acids is 2. The van der Waals surface area contributed by atoms with E-state index in [1.807, 2.05) is 24.3 Å². The number of amides is 1. The molecule has 7 nitrogen and oxygen atoms in total. The molecule has 4 rings (SSSR count). The quantitative estimate of drug-likeness (QED) is 0.637. The summed E-state index contributed by atoms with van der Waals surface area (Å²) in [5.41, 5.74) is 3.75. The molecule has 1 N–H and O–H groups in total. The Morgan fingerprint density at radius 2 is 1.93 bits per heavy atom. The van der Waals surface area contributed by atoms with E-state index < -0.39 is 5.97 Å². The molecule has 0 radical (unpaired) electrons. The summed E-state index contributed by atoms with van der Waals surface area (Å²) in [5.74, 6) is -0.391. The second-order valence-corrected chi connectivity index (χ2v) is 7.46. The number of benzene rings is 2. The van der Waals surface area contributed by atoms with Crippen LogP contribution in [0.1, 0.15) is 29.8 Å². The van der Waals surface area contributed by atoms with E-state index in [1.165, 1.54) is 15.7 Å². The number of nitrogens with zero attached hydrogens (tertiary/aromatic N) is 2. The fraction of sp³-hybridized carbons (Fsp3) is 0.304. The summed E-state index contributed by atoms with van der Waals surface area (Å²) < 4.78 is 6.52. The average Bonchev–Trinajstić information content (AvgIpc) is 3.21. The van der Waals surface area contributed by atoms with Crippen LogP contribution >= 0.6 is 0 Å². The van der Waals surface area contributed by atoms with Gasteiger partial charge in [-0.2, -0.15) is 0 Å². The van der Waals surface area contributed by atoms with Crippen LogP contribution in [0, 0.1) is 0 Å². The first-order chi connectivity index (χ1) is 14.5. The summed E-state index contributed by atoms with van der Waals surface area (Å²) in [7, 11) is 1.63. The van der Waals surface area contributed by atoms with Gasteiger partial charge in [0, 0.05) is 19.2 Å². The zero-order chi connectivity index (χ0) is 21.1. The smallest absolute Gasteiger partial charge is 0.306 e. The molecule has 7 heteroatoms. The lowest BCUT2D eigenvalue weighted by Gasteiger charge is -2.10. The number of fused-ring (bicyclic) bond motifs is 2. The lowest BCUT2D eigenvalue weighted by molar-refractivity contribution is -0.147. The van der Waals surface area contributed by atoms with Gasteiger partial charge in [0.25, 0.3) is 11.5 Å². The molecular formula is C23H23N3O4. The number of anilines is 1. The number of rotatable bonds is 6. The summed E-state index contributed by atoms with van der Waals surface area (Å²) in [5, 5.41) is 3.30. The number of para-hydroxylation sites is 1. The zero-order valence-electron chi connectivity index (χ0n) is 16.8. The number of aromatic nitrogens is 2. The summed E-state index contributed by atoms with van der Waals surface area (Å²) in [6.07, 6.45) is 3.53. The van der Waals surface area contributed by atoms with Crippen molar-refractivity contribution in [3.05, 3.63) is 69.8 Å². The van der Waals surface area contributed by atoms with Gasteiger partial charge in [-0.25, -0.2) is 4.98 Å². The van der Waals surface area contributed by atoms with Crippen molar-refractivity contribution in [2.24, 2.45) is 7.05 Å². The molecule has 0 spiro atoms. The normalized spacial score (nSPS) is 12.6. The summed E-state index contributed by atoms with van der Waals surface area (Å²) in [6, 6.07) is 13.0. The molecule has 0 saturated heterocycles. The van der Waals surface area contributed by atoms with Crippen molar-refractivity contribution in [2.45, 2.75) is 32.1 Å². The molecule has 0 bridgehead atoms. The molecule has 0 aliphatic heterocycles. The van der Waals surface area contributed by atoms with Gasteiger partial charge in [0.1, 0.15) is 5.82 Å². The number of ether oxygens (including phenoxy) is 1. The average molecular weight is 405 g/mol. The van der Waals surface area contributed by atoms with Crippen LogP contribution in [0.25, 0.3) is 10.9 Å². The Morgan fingerprint density at radius 1 is 1.13 bits per heavy atom. The second kappa shape index (κ2) is 8.49. The van der Waals surface area contributed by atoms with E-state index in [-0.39, 0.29) is 30.9 Å². The Hall–Kier alpha value is -3.48. The van der Waals surface area contributed by atoms with Gasteiger partial charge in [0.15, 0.2) is 6.61 Å². The van der Waals surface area contributed by atoms with E-state index >= 15 is 0 Å². The van der Waals surface area contributed by atoms with Crippen molar-refractivity contribution in [3.8, 4) is 0 Å². The predicted octanol–water partition coefficient (Wildman–Crippen LogP) is 2.54. The van der Waals surface area contributed by atoms with E-state index in [0.717, 1.165) is 19.3 Å². The Bertz CT molecular complexity index is 1180. The number of aryl methyl sites for hydroxylation is 3. The van der Waals surface area contributed by atoms with Crippen molar-refractivity contribution in [2.75, 3.05) is 11.9 Å². The molecule has 0 atom stereocenters. The lowest BCUT2D eigenvalue weighted by Crippen LogP contribution is -2.24. The van der Waals surface area contributed by atoms with Crippen LogP contribution in [-0.4, -0.2) is 28.0 Å². The highest BCUT2D eigenvalue weighted by Gasteiger charge is 2.14. The molecule has 154 valence electrons. The van der Waals surface area contributed by atoms with Gasteiger partial charge in [-0.3, -0.25) is 19.0 Å². The molecule has 0 fully saturated rings. The molecule has 0 unspecified atom stereocenters. The highest BCUT2D eigenvalue weighted by Crippen LogP contribution is 2.24. The maximum Gasteiger partial charge on any atom is 0.306 e. The number of nitrogens with one attached hydrogen (secondary N) is 1. The first kappa shape index (κ1) is 19.8. The first-order valence-electron chi connectivity index (χ1n) is 10.0. The van der Waals surface area contributed by atoms with E-state index in [9.17, 15) is 14.4 Å². The molecule has 0 saturated carbocycles. The largest absolute Gasteiger partial charge is 0.456 e. The monoisotopic (exact) mass is 405 g/mol. The van der Waals surface area contributed by atoms with Gasteiger partial charge in [-0.1, -0.05) is 18.2 Å². The van der Waals surface area contributed by atoms with Crippen molar-refractivity contribution < 1.29 is 14.3 Å². The first-order valence-corrected chi connectivity index (χ1v) is 10.0. The molecule has 1 aliphatic carbocycles. The Kier molecular flexibility index (Phi) is 5.61. The molecule has 3 aromatic rings. The van der Waals surface area contributed by atoms with Gasteiger partial charge in [-0.05, 0) is 54.7 Å². The van der Waals surface area contributed by atoms with E-state index in [2.05, 4.69) is 10.3 Å². The molecule has 1 aliphatic rings. The van der Waals surface area contributed by atoms with Gasteiger partial charge in [0.2, 0.25) is 0 Å². The van der Waals surface area contributed by atoms with Crippen LogP contribution < -0.4 is 10.9 Å². The summed E-state index contributed by atoms with van der Waals surface area (Å²) in [4.78, 5) is 41.0. The summed E-state index contributed by atoms with van der Waals surface area (Å²) >= 11 is 0. The van der Waals surface area contributed by atoms with Crippen molar-refractivity contribution in [1.82, 2.24) is 9.55 Å². The van der Waals surface area contributed by atoms with Crippen LogP contribution in [0.5, 0.6) is 0 Å². The van der Waals surface area contributed by atoms with E-state index in [0.29, 0.717) is 22.4 Å². The third-order valence-electron chi connectivity index (χ3n) is 5.38. The Balaban J connectivity index is 1.30. The highest BCUT2D eigenvalue weighted by atomic mass is 16.5. The van der Waals surface area contributed by atoms with Crippen molar-refractivity contribution in [3.63, 3.8) is 0 Å². The number of esters is 1. The van der Waals surface area contributed by atoms with Crippen LogP contribution in [0.15, 0.2) is 47.3 Å². The minimum Gasteiger partial charge on any atom is -0.456 e. The molecular weight excluding hydrogens is 382 g/mol. The third kappa shape index (κ3) is 4.25. The van der Waals surface area contributed by atoms with Crippen molar-refractivity contribution >= 4 is 28.5 Å². The minimum atomic E-state index is -0.512. The van der Waals surface area contributed by atoms with E-state index in [4.69, 9.17) is 4.74 Å². The fourth-order valence-electron chi connectivity index (χ4n) is 3.77. The maximum atomic E-state index is 12.4. The second-order valence-electron chi connectivity index (χ2n) is 7.46. The molecule has 1 heterocycles. The zero-order valence-corrected chi connectivity index (χ0v) is 16.8. The SMILES string of the molecule is Cn1c(CCC(=O)OCC(=O)Nc2ccc3c(c2)CCC3)nc2ccccc2c1=O. The molecule has 1 aromatic heterocycles. The van der Waals surface area contributed by atoms with Crippen LogP contribution in [0.3, 0.4) is 0 Å². The number of carbonyl (C=O) groups is 2. The van der Waals surface area contributed by atoms with Gasteiger partial charge in [0.05, 0.1) is 17.3 Å². The standard InChI is InChI=1S/C23H23N3O4/c1-26-20(25-19-8-3-2-7-18(19)23(26)29)11-12-22(28)30-14-21(27)24-17-10-9-15-5-4-6-16(15)13-17/h2-3,7-10,13H,4-6,11-12,14H2,1H3,(H,24,27). The molecule has 2 aromatic carbocycles. The summed E-state index contributed by atoms with van der Waals surface area (Å²) in [6.45, 7) is -0.347. The van der Waals surface area contributed by atoms with E-state index in [1.54, 1.807) is 25.2 Å². The number of hydrogen-bond donors (Lipinski definition) is 1. The topological polar surface area (TPSA) is 90.3 Å². The molecule has 1 amide bonds. The van der Waals surface area contributed by atoms with Crippen LogP contribution in [0.2, 0.25) is 0 Å². The number of hydrogen-bond acceptors (Lipinski definition) is 5. The Labute approximate surface area is 173 Å². The van der Waals surface area contributed by atoms with Gasteiger partial charge >= 0.3 is 5.97 Å². The van der Waals surface area contributed by atoms with Crippen molar-refractivity contribution in [1.29, 1.82) is 0 Å². The Morgan fingerprint density at radius 3 is 2.80 bits per heavy atom. The third-order valence-corrected chi connectivity index (χ3v) is 5.38. The maximum absolute atomic E-state index is 12.4. The van der Waals surface area contributed by atoms with Gasteiger partial charge in [-0.15, -0.1) is 0 Å².